The molecule has 0 aliphatic carbocycles. The highest BCUT2D eigenvalue weighted by Gasteiger charge is 2.14. The molecule has 1 heterocycles. The van der Waals surface area contributed by atoms with Gasteiger partial charge in [-0.1, -0.05) is 17.7 Å². The van der Waals surface area contributed by atoms with Crippen LogP contribution >= 0.6 is 35.6 Å². The number of benzene rings is 1. The van der Waals surface area contributed by atoms with E-state index in [1.54, 1.807) is 7.11 Å². The molecular formula is C21H33ClIN5O. The topological polar surface area (TPSA) is 63.5 Å². The van der Waals surface area contributed by atoms with Gasteiger partial charge in [-0.25, -0.2) is 0 Å². The molecule has 0 aliphatic rings. The summed E-state index contributed by atoms with van der Waals surface area (Å²) in [6.07, 6.45) is 1.68. The van der Waals surface area contributed by atoms with Crippen molar-refractivity contribution in [2.24, 2.45) is 12.0 Å². The lowest BCUT2D eigenvalue weighted by atomic mass is 10.1. The number of hydrogen-bond donors (Lipinski definition) is 2. The molecule has 0 radical (unpaired) electrons. The Morgan fingerprint density at radius 2 is 2.07 bits per heavy atom. The van der Waals surface area contributed by atoms with Crippen molar-refractivity contribution in [3.05, 3.63) is 45.7 Å². The first-order chi connectivity index (χ1) is 13.3. The van der Waals surface area contributed by atoms with E-state index in [2.05, 4.69) is 43.4 Å². The number of rotatable bonds is 8. The zero-order chi connectivity index (χ0) is 20.7. The van der Waals surface area contributed by atoms with Gasteiger partial charge < -0.3 is 15.4 Å². The highest BCUT2D eigenvalue weighted by Crippen LogP contribution is 2.22. The second-order valence-electron chi connectivity index (χ2n) is 6.99. The van der Waals surface area contributed by atoms with Crippen molar-refractivity contribution in [2.75, 3.05) is 20.2 Å². The molecule has 0 saturated heterocycles. The van der Waals surface area contributed by atoms with E-state index in [1.807, 2.05) is 29.9 Å². The van der Waals surface area contributed by atoms with Crippen LogP contribution in [0.5, 0.6) is 5.75 Å². The predicted octanol–water partition coefficient (Wildman–Crippen LogP) is 4.05. The van der Waals surface area contributed by atoms with Gasteiger partial charge in [-0.05, 0) is 63.8 Å². The number of halogens is 2. The Hall–Kier alpha value is -1.48. The van der Waals surface area contributed by atoms with Gasteiger partial charge >= 0.3 is 0 Å². The second kappa shape index (κ2) is 12.3. The summed E-state index contributed by atoms with van der Waals surface area (Å²) in [5.41, 5.74) is 4.66. The third-order valence-corrected chi connectivity index (χ3v) is 5.16. The van der Waals surface area contributed by atoms with Crippen LogP contribution in [0.2, 0.25) is 5.02 Å². The van der Waals surface area contributed by atoms with Crippen LogP contribution in [0.3, 0.4) is 0 Å². The number of methoxy groups -OCH3 is 1. The SMILES string of the molecule is CCNC(=NCCc1ccc(OC)cc1Cl)NC(C)Cc1c(C)nn(C)c1C.I. The number of aromatic nitrogens is 2. The second-order valence-corrected chi connectivity index (χ2v) is 7.40. The fraction of sp³-hybridized carbons (Fsp3) is 0.524. The lowest BCUT2D eigenvalue weighted by molar-refractivity contribution is 0.414. The Morgan fingerprint density at radius 3 is 2.62 bits per heavy atom. The van der Waals surface area contributed by atoms with E-state index in [1.165, 1.54) is 11.3 Å². The molecule has 1 atom stereocenters. The van der Waals surface area contributed by atoms with Crippen molar-refractivity contribution in [1.82, 2.24) is 20.4 Å². The number of aliphatic imine (C=N–C) groups is 1. The summed E-state index contributed by atoms with van der Waals surface area (Å²) in [5.74, 6) is 1.58. The van der Waals surface area contributed by atoms with Gasteiger partial charge in [0.15, 0.2) is 5.96 Å². The van der Waals surface area contributed by atoms with Crippen molar-refractivity contribution < 1.29 is 4.74 Å². The normalized spacial score (nSPS) is 12.3. The molecule has 0 bridgehead atoms. The average Bonchev–Trinajstić information content (AvgIpc) is 2.89. The van der Waals surface area contributed by atoms with Crippen molar-refractivity contribution in [3.8, 4) is 5.75 Å². The Kier molecular flexibility index (Phi) is 10.8. The van der Waals surface area contributed by atoms with Gasteiger partial charge in [0, 0.05) is 36.9 Å². The van der Waals surface area contributed by atoms with Gasteiger partial charge in [-0.2, -0.15) is 5.10 Å². The predicted molar refractivity (Wildman–Crippen MR) is 132 cm³/mol. The molecular weight excluding hydrogens is 501 g/mol. The standard InChI is InChI=1S/C21H32ClN5O.HI/c1-7-23-21(24-11-10-17-8-9-18(28-6)13-20(17)22)25-14(2)12-19-15(3)26-27(5)16(19)4;/h8-9,13-14H,7,10-12H2,1-6H3,(H2,23,24,25);1H. The van der Waals surface area contributed by atoms with E-state index in [-0.39, 0.29) is 30.0 Å². The third kappa shape index (κ3) is 7.37. The van der Waals surface area contributed by atoms with Gasteiger partial charge in [0.05, 0.1) is 12.8 Å². The molecule has 0 amide bonds. The molecule has 1 aromatic heterocycles. The molecule has 2 N–H and O–H groups in total. The van der Waals surface area contributed by atoms with Gasteiger partial charge in [0.25, 0.3) is 0 Å². The molecule has 0 spiro atoms. The smallest absolute Gasteiger partial charge is 0.191 e. The average molecular weight is 534 g/mol. The van der Waals surface area contributed by atoms with Crippen molar-refractivity contribution >= 4 is 41.5 Å². The van der Waals surface area contributed by atoms with Gasteiger partial charge in [0.1, 0.15) is 5.75 Å². The summed E-state index contributed by atoms with van der Waals surface area (Å²) in [4.78, 5) is 4.71. The van der Waals surface area contributed by atoms with Crippen LogP contribution in [-0.2, 0) is 19.9 Å². The summed E-state index contributed by atoms with van der Waals surface area (Å²) in [6, 6.07) is 6.00. The van der Waals surface area contributed by atoms with Crippen molar-refractivity contribution in [1.29, 1.82) is 0 Å². The molecule has 2 aromatic rings. The molecule has 0 saturated carbocycles. The van der Waals surface area contributed by atoms with E-state index in [0.29, 0.717) is 11.6 Å². The minimum atomic E-state index is 0. The maximum Gasteiger partial charge on any atom is 0.191 e. The van der Waals surface area contributed by atoms with Crippen LogP contribution in [0.25, 0.3) is 0 Å². The summed E-state index contributed by atoms with van der Waals surface area (Å²) < 4.78 is 7.14. The molecule has 162 valence electrons. The maximum absolute atomic E-state index is 6.32. The van der Waals surface area contributed by atoms with E-state index < -0.39 is 0 Å². The van der Waals surface area contributed by atoms with E-state index >= 15 is 0 Å². The Bertz CT molecular complexity index is 822. The quantitative estimate of drug-likeness (QED) is 0.305. The first kappa shape index (κ1) is 25.6. The molecule has 6 nitrogen and oxygen atoms in total. The Morgan fingerprint density at radius 1 is 1.34 bits per heavy atom. The first-order valence-corrected chi connectivity index (χ1v) is 10.1. The van der Waals surface area contributed by atoms with Gasteiger partial charge in [-0.3, -0.25) is 9.67 Å². The summed E-state index contributed by atoms with van der Waals surface area (Å²) in [6.45, 7) is 9.87. The van der Waals surface area contributed by atoms with Crippen molar-refractivity contribution in [3.63, 3.8) is 0 Å². The van der Waals surface area contributed by atoms with Crippen LogP contribution in [0.1, 0.15) is 36.4 Å². The Balaban J connectivity index is 0.00000420. The van der Waals surface area contributed by atoms with Gasteiger partial charge in [-0.15, -0.1) is 24.0 Å². The molecule has 29 heavy (non-hydrogen) atoms. The summed E-state index contributed by atoms with van der Waals surface area (Å²) >= 11 is 6.32. The monoisotopic (exact) mass is 533 g/mol. The van der Waals surface area contributed by atoms with E-state index in [9.17, 15) is 0 Å². The van der Waals surface area contributed by atoms with Crippen LogP contribution in [-0.4, -0.2) is 42.0 Å². The van der Waals surface area contributed by atoms with Gasteiger partial charge in [0.2, 0.25) is 0 Å². The van der Waals surface area contributed by atoms with Crippen LogP contribution in [0.4, 0.5) is 0 Å². The molecule has 0 fully saturated rings. The van der Waals surface area contributed by atoms with Crippen LogP contribution in [0.15, 0.2) is 23.2 Å². The summed E-state index contributed by atoms with van der Waals surface area (Å²) in [5, 5.41) is 12.0. The zero-order valence-corrected chi connectivity index (χ0v) is 21.3. The first-order valence-electron chi connectivity index (χ1n) is 9.72. The van der Waals surface area contributed by atoms with E-state index in [0.717, 1.165) is 42.4 Å². The third-order valence-electron chi connectivity index (χ3n) is 4.81. The number of aryl methyl sites for hydroxylation is 2. The number of nitrogens with zero attached hydrogens (tertiary/aromatic N) is 3. The molecule has 2 rings (SSSR count). The lowest BCUT2D eigenvalue weighted by Crippen LogP contribution is -2.43. The Labute approximate surface area is 196 Å². The molecule has 1 aromatic carbocycles. The fourth-order valence-electron chi connectivity index (χ4n) is 3.17. The van der Waals surface area contributed by atoms with E-state index in [4.69, 9.17) is 21.3 Å². The minimum absolute atomic E-state index is 0. The minimum Gasteiger partial charge on any atom is -0.497 e. The lowest BCUT2D eigenvalue weighted by Gasteiger charge is -2.18. The maximum atomic E-state index is 6.32. The fourth-order valence-corrected chi connectivity index (χ4v) is 3.43. The molecule has 1 unspecified atom stereocenters. The number of ether oxygens (including phenoxy) is 1. The number of nitrogens with one attached hydrogen (secondary N) is 2. The molecule has 0 aliphatic heterocycles. The number of guanidine groups is 1. The van der Waals surface area contributed by atoms with Crippen molar-refractivity contribution in [2.45, 2.75) is 46.6 Å². The van der Waals surface area contributed by atoms with Crippen LogP contribution < -0.4 is 15.4 Å². The zero-order valence-electron chi connectivity index (χ0n) is 18.2. The number of hydrogen-bond acceptors (Lipinski definition) is 3. The largest absolute Gasteiger partial charge is 0.497 e. The summed E-state index contributed by atoms with van der Waals surface area (Å²) in [7, 11) is 3.62. The van der Waals surface area contributed by atoms with Crippen LogP contribution in [0, 0.1) is 13.8 Å². The highest BCUT2D eigenvalue weighted by molar-refractivity contribution is 14.0. The molecule has 8 heteroatoms. The highest BCUT2D eigenvalue weighted by atomic mass is 127.